The lowest BCUT2D eigenvalue weighted by molar-refractivity contribution is 0.0697. The molecule has 0 aliphatic rings. The Morgan fingerprint density at radius 1 is 1.10 bits per heavy atom. The summed E-state index contributed by atoms with van der Waals surface area (Å²) in [5.74, 6) is -0.912. The molecule has 0 unspecified atom stereocenters. The van der Waals surface area contributed by atoms with E-state index in [1.54, 1.807) is 6.33 Å². The Hall–Kier alpha value is -2.74. The number of carbonyl (C=O) groups is 1. The SMILES string of the molecule is O=C(O)c1ccc(O)cc1.S=c1nc[nH]c2nc[nH]c12. The second kappa shape index (κ2) is 5.93. The monoisotopic (exact) mass is 290 g/mol. The van der Waals surface area contributed by atoms with Crippen LogP contribution in [-0.4, -0.2) is 36.1 Å². The first-order chi connectivity index (χ1) is 9.58. The Balaban J connectivity index is 0.000000147. The summed E-state index contributed by atoms with van der Waals surface area (Å²) >= 11 is 4.91. The summed E-state index contributed by atoms with van der Waals surface area (Å²) in [5, 5.41) is 17.1. The average molecular weight is 290 g/mol. The summed E-state index contributed by atoms with van der Waals surface area (Å²) in [6.07, 6.45) is 3.12. The van der Waals surface area contributed by atoms with Gasteiger partial charge >= 0.3 is 5.97 Å². The molecule has 0 bridgehead atoms. The lowest BCUT2D eigenvalue weighted by atomic mass is 10.2. The Bertz CT molecular complexity index is 779. The summed E-state index contributed by atoms with van der Waals surface area (Å²) in [7, 11) is 0. The zero-order chi connectivity index (χ0) is 14.5. The molecular weight excluding hydrogens is 280 g/mol. The molecule has 3 aromatic rings. The van der Waals surface area contributed by atoms with E-state index in [0.29, 0.717) is 4.64 Å². The second-order valence-corrected chi connectivity index (χ2v) is 4.07. The number of nitrogens with one attached hydrogen (secondary N) is 2. The molecule has 7 nitrogen and oxygen atoms in total. The number of aromatic carboxylic acids is 1. The van der Waals surface area contributed by atoms with Gasteiger partial charge in [0.25, 0.3) is 0 Å². The zero-order valence-corrected chi connectivity index (χ0v) is 10.9. The maximum absolute atomic E-state index is 10.2. The minimum absolute atomic E-state index is 0.0741. The molecule has 0 aliphatic heterocycles. The van der Waals surface area contributed by atoms with Gasteiger partial charge in [0.2, 0.25) is 0 Å². The fourth-order valence-electron chi connectivity index (χ4n) is 1.39. The van der Waals surface area contributed by atoms with Gasteiger partial charge < -0.3 is 20.2 Å². The number of rotatable bonds is 1. The van der Waals surface area contributed by atoms with Crippen LogP contribution in [0.5, 0.6) is 5.75 Å². The first kappa shape index (κ1) is 13.7. The number of aromatic hydroxyl groups is 1. The summed E-state index contributed by atoms with van der Waals surface area (Å²) in [5.41, 5.74) is 1.72. The van der Waals surface area contributed by atoms with E-state index in [0.717, 1.165) is 11.2 Å². The smallest absolute Gasteiger partial charge is 0.335 e. The largest absolute Gasteiger partial charge is 0.508 e. The van der Waals surface area contributed by atoms with Gasteiger partial charge in [0.05, 0.1) is 18.2 Å². The molecule has 2 heterocycles. The van der Waals surface area contributed by atoms with Crippen LogP contribution in [-0.2, 0) is 0 Å². The van der Waals surface area contributed by atoms with Gasteiger partial charge in [-0.25, -0.2) is 14.8 Å². The van der Waals surface area contributed by atoms with E-state index in [1.165, 1.54) is 30.6 Å². The van der Waals surface area contributed by atoms with Gasteiger partial charge in [0, 0.05) is 0 Å². The summed E-state index contributed by atoms with van der Waals surface area (Å²) in [6, 6.07) is 5.36. The van der Waals surface area contributed by atoms with Crippen LogP contribution in [0.4, 0.5) is 0 Å². The molecule has 0 radical (unpaired) electrons. The highest BCUT2D eigenvalue weighted by Gasteiger charge is 1.99. The number of aromatic nitrogens is 4. The van der Waals surface area contributed by atoms with Crippen LogP contribution in [0.1, 0.15) is 10.4 Å². The van der Waals surface area contributed by atoms with Crippen molar-refractivity contribution in [1.82, 2.24) is 19.9 Å². The standard InChI is InChI=1S/C7H6O3.C5H4N4S/c8-6-3-1-5(2-4-6)7(9)10;10-5-3-4(7-1-6-3)8-2-9-5/h1-4,8H,(H,9,10);1-2H,(H2,6,7,8,9,10). The number of nitrogens with zero attached hydrogens (tertiary/aromatic N) is 2. The molecule has 0 spiro atoms. The Kier molecular flexibility index (Phi) is 4.06. The van der Waals surface area contributed by atoms with Crippen molar-refractivity contribution >= 4 is 29.4 Å². The van der Waals surface area contributed by atoms with Gasteiger partial charge in [-0.1, -0.05) is 12.2 Å². The fraction of sp³-hybridized carbons (Fsp3) is 0. The highest BCUT2D eigenvalue weighted by atomic mass is 32.1. The number of H-pyrrole nitrogens is 2. The maximum Gasteiger partial charge on any atom is 0.335 e. The van der Waals surface area contributed by atoms with E-state index in [2.05, 4.69) is 19.9 Å². The van der Waals surface area contributed by atoms with E-state index in [4.69, 9.17) is 22.4 Å². The van der Waals surface area contributed by atoms with Crippen LogP contribution in [0.25, 0.3) is 11.2 Å². The molecule has 0 fully saturated rings. The molecule has 0 atom stereocenters. The maximum atomic E-state index is 10.2. The number of hydrogen-bond donors (Lipinski definition) is 4. The molecule has 3 rings (SSSR count). The van der Waals surface area contributed by atoms with Gasteiger partial charge in [-0.05, 0) is 24.3 Å². The molecule has 2 aromatic heterocycles. The normalized spacial score (nSPS) is 9.80. The van der Waals surface area contributed by atoms with E-state index < -0.39 is 5.97 Å². The fourth-order valence-corrected chi connectivity index (χ4v) is 1.60. The molecule has 0 saturated heterocycles. The van der Waals surface area contributed by atoms with Crippen LogP contribution >= 0.6 is 12.2 Å². The number of hydrogen-bond acceptors (Lipinski definition) is 5. The molecule has 4 N–H and O–H groups in total. The van der Waals surface area contributed by atoms with Crippen molar-refractivity contribution in [2.45, 2.75) is 0 Å². The van der Waals surface area contributed by atoms with E-state index in [1.807, 2.05) is 0 Å². The Morgan fingerprint density at radius 2 is 1.75 bits per heavy atom. The van der Waals surface area contributed by atoms with Crippen molar-refractivity contribution in [3.8, 4) is 5.75 Å². The third-order valence-corrected chi connectivity index (χ3v) is 2.66. The van der Waals surface area contributed by atoms with Crippen molar-refractivity contribution in [3.63, 3.8) is 0 Å². The molecular formula is C12H10N4O3S. The summed E-state index contributed by atoms with van der Waals surface area (Å²) < 4.78 is 0.547. The predicted molar refractivity (Wildman–Crippen MR) is 74.1 cm³/mol. The van der Waals surface area contributed by atoms with Crippen molar-refractivity contribution in [3.05, 3.63) is 47.1 Å². The molecule has 8 heteroatoms. The third-order valence-electron chi connectivity index (χ3n) is 2.35. The van der Waals surface area contributed by atoms with Crippen molar-refractivity contribution in [1.29, 1.82) is 0 Å². The van der Waals surface area contributed by atoms with Crippen molar-refractivity contribution < 1.29 is 15.0 Å². The Morgan fingerprint density at radius 3 is 2.35 bits per heavy atom. The first-order valence-electron chi connectivity index (χ1n) is 5.47. The number of imidazole rings is 1. The highest BCUT2D eigenvalue weighted by Crippen LogP contribution is 2.08. The first-order valence-corrected chi connectivity index (χ1v) is 5.88. The predicted octanol–water partition coefficient (Wildman–Crippen LogP) is 2.11. The molecule has 102 valence electrons. The summed E-state index contributed by atoms with van der Waals surface area (Å²) in [6.45, 7) is 0. The highest BCUT2D eigenvalue weighted by molar-refractivity contribution is 7.71. The molecule has 20 heavy (non-hydrogen) atoms. The van der Waals surface area contributed by atoms with Gasteiger partial charge in [0.1, 0.15) is 11.3 Å². The lowest BCUT2D eigenvalue weighted by Crippen LogP contribution is -1.93. The number of aromatic amines is 2. The number of phenols is 1. The Labute approximate surface area is 118 Å². The quantitative estimate of drug-likeness (QED) is 0.510. The van der Waals surface area contributed by atoms with Crippen molar-refractivity contribution in [2.24, 2.45) is 0 Å². The van der Waals surface area contributed by atoms with Crippen LogP contribution < -0.4 is 0 Å². The van der Waals surface area contributed by atoms with E-state index >= 15 is 0 Å². The minimum atomic E-state index is -0.986. The topological polar surface area (TPSA) is 115 Å². The molecule has 0 aliphatic carbocycles. The van der Waals surface area contributed by atoms with Gasteiger partial charge in [-0.3, -0.25) is 0 Å². The van der Waals surface area contributed by atoms with Crippen molar-refractivity contribution in [2.75, 3.05) is 0 Å². The van der Waals surface area contributed by atoms with Gasteiger partial charge in [0.15, 0.2) is 10.3 Å². The average Bonchev–Trinajstić information content (AvgIpc) is 2.90. The molecule has 0 amide bonds. The van der Waals surface area contributed by atoms with Crippen LogP contribution in [0, 0.1) is 4.64 Å². The summed E-state index contributed by atoms with van der Waals surface area (Å²) in [4.78, 5) is 23.8. The number of carboxylic acid groups (broad SMARTS) is 1. The second-order valence-electron chi connectivity index (χ2n) is 3.69. The number of benzene rings is 1. The third kappa shape index (κ3) is 3.18. The van der Waals surface area contributed by atoms with Gasteiger partial charge in [-0.15, -0.1) is 0 Å². The van der Waals surface area contributed by atoms with Gasteiger partial charge in [-0.2, -0.15) is 0 Å². The minimum Gasteiger partial charge on any atom is -0.508 e. The molecule has 1 aromatic carbocycles. The van der Waals surface area contributed by atoms with Crippen LogP contribution in [0.15, 0.2) is 36.9 Å². The van der Waals surface area contributed by atoms with E-state index in [-0.39, 0.29) is 11.3 Å². The number of fused-ring (bicyclic) bond motifs is 1. The molecule has 0 saturated carbocycles. The van der Waals surface area contributed by atoms with Crippen LogP contribution in [0.3, 0.4) is 0 Å². The lowest BCUT2D eigenvalue weighted by Gasteiger charge is -1.92. The number of carboxylic acids is 1. The number of phenolic OH excluding ortho intramolecular Hbond substituents is 1. The van der Waals surface area contributed by atoms with E-state index in [9.17, 15) is 4.79 Å². The van der Waals surface area contributed by atoms with Crippen LogP contribution in [0.2, 0.25) is 0 Å². The zero-order valence-electron chi connectivity index (χ0n) is 10.1.